The number of allylic oxidation sites excluding steroid dienone is 5. The largest absolute Gasteiger partial charge is 0.0622 e. The van der Waals surface area contributed by atoms with E-state index in [0.717, 1.165) is 11.1 Å². The lowest BCUT2D eigenvalue weighted by Crippen LogP contribution is -1.98. The third-order valence-corrected chi connectivity index (χ3v) is 19.1. The highest BCUT2D eigenvalue weighted by molar-refractivity contribution is 6.40. The fraction of sp³-hybridized carbons (Fsp3) is 0. The Morgan fingerprint density at radius 3 is 0.967 bits per heavy atom. The predicted molar refractivity (Wildman–Crippen MR) is 384 cm³/mol. The van der Waals surface area contributed by atoms with Crippen molar-refractivity contribution in [3.8, 4) is 55.6 Å². The number of benzene rings is 16. The van der Waals surface area contributed by atoms with Gasteiger partial charge in [0.15, 0.2) is 0 Å². The van der Waals surface area contributed by atoms with Crippen molar-refractivity contribution < 1.29 is 0 Å². The van der Waals surface area contributed by atoms with E-state index in [1.807, 2.05) is 0 Å². The van der Waals surface area contributed by atoms with Crippen molar-refractivity contribution in [3.63, 3.8) is 0 Å². The zero-order valence-corrected chi connectivity index (χ0v) is 49.3. The number of hydrogen-bond acceptors (Lipinski definition) is 0. The average molecular weight is 1140 g/mol. The molecule has 2 aliphatic carbocycles. The van der Waals surface area contributed by atoms with Gasteiger partial charge in [-0.05, 0) is 248 Å². The molecule has 0 aliphatic heterocycles. The number of hydrogen-bond donors (Lipinski definition) is 0. The molecule has 0 bridgehead atoms. The molecule has 0 aromatic heterocycles. The molecule has 0 radical (unpaired) electrons. The minimum atomic E-state index is 1.16. The summed E-state index contributed by atoms with van der Waals surface area (Å²) in [7, 11) is 0. The molecule has 0 fully saturated rings. The van der Waals surface area contributed by atoms with Gasteiger partial charge < -0.3 is 0 Å². The summed E-state index contributed by atoms with van der Waals surface area (Å²) in [5, 5.41) is 14.9. The van der Waals surface area contributed by atoms with Crippen molar-refractivity contribution in [1.29, 1.82) is 0 Å². The van der Waals surface area contributed by atoms with Crippen LogP contribution in [0.3, 0.4) is 0 Å². The molecular formula is C90H56. The van der Waals surface area contributed by atoms with E-state index in [-0.39, 0.29) is 0 Å². The van der Waals surface area contributed by atoms with Crippen molar-refractivity contribution in [2.45, 2.75) is 0 Å². The molecule has 0 nitrogen and oxygen atoms in total. The third-order valence-electron chi connectivity index (χ3n) is 19.1. The lowest BCUT2D eigenvalue weighted by molar-refractivity contribution is 1.51. The Kier molecular flexibility index (Phi) is 12.0. The Morgan fingerprint density at radius 1 is 0.111 bits per heavy atom. The van der Waals surface area contributed by atoms with Gasteiger partial charge in [0.2, 0.25) is 0 Å². The molecule has 0 atom stereocenters. The summed E-state index contributed by atoms with van der Waals surface area (Å²) in [6, 6.07) is 127. The van der Waals surface area contributed by atoms with E-state index in [2.05, 4.69) is 340 Å². The van der Waals surface area contributed by atoms with Gasteiger partial charge in [-0.15, -0.1) is 0 Å². The van der Waals surface area contributed by atoms with Crippen LogP contribution in [0.2, 0.25) is 0 Å². The maximum absolute atomic E-state index is 2.53. The van der Waals surface area contributed by atoms with Gasteiger partial charge in [-0.2, -0.15) is 0 Å². The normalized spacial score (nSPS) is 13.0. The fourth-order valence-electron chi connectivity index (χ4n) is 15.0. The average Bonchev–Trinajstić information content (AvgIpc) is 1.53. The van der Waals surface area contributed by atoms with Gasteiger partial charge in [0.25, 0.3) is 0 Å². The maximum Gasteiger partial charge on any atom is -0.000137 e. The van der Waals surface area contributed by atoms with Gasteiger partial charge in [-0.25, -0.2) is 0 Å². The summed E-state index contributed by atoms with van der Waals surface area (Å²) < 4.78 is 0. The summed E-state index contributed by atoms with van der Waals surface area (Å²) in [5.74, 6) is 0. The van der Waals surface area contributed by atoms with E-state index >= 15 is 0 Å². The molecule has 0 saturated carbocycles. The first-order chi connectivity index (χ1) is 44.6. The Hall–Kier alpha value is -11.7. The first-order valence-corrected chi connectivity index (χ1v) is 31.3. The Labute approximate surface area is 523 Å². The van der Waals surface area contributed by atoms with Gasteiger partial charge >= 0.3 is 0 Å². The predicted octanol–water partition coefficient (Wildman–Crippen LogP) is 24.3. The highest BCUT2D eigenvalue weighted by Crippen LogP contribution is 2.63. The Balaban J connectivity index is 0.973. The molecule has 0 unspecified atom stereocenters. The molecule has 0 N–H and O–H groups in total. The molecule has 0 heterocycles. The van der Waals surface area contributed by atoms with E-state index in [0.29, 0.717) is 0 Å². The summed E-state index contributed by atoms with van der Waals surface area (Å²) in [4.78, 5) is 0. The Morgan fingerprint density at radius 2 is 0.444 bits per heavy atom. The minimum Gasteiger partial charge on any atom is -0.0622 e. The van der Waals surface area contributed by atoms with Crippen LogP contribution in [-0.4, -0.2) is 0 Å². The van der Waals surface area contributed by atoms with Gasteiger partial charge in [-0.3, -0.25) is 0 Å². The molecule has 90 heavy (non-hydrogen) atoms. The van der Waals surface area contributed by atoms with E-state index in [1.165, 1.54) is 176 Å². The van der Waals surface area contributed by atoms with E-state index in [4.69, 9.17) is 0 Å². The second-order valence-corrected chi connectivity index (χ2v) is 24.2. The maximum atomic E-state index is 2.53. The highest BCUT2D eigenvalue weighted by Gasteiger charge is 2.41. The van der Waals surface area contributed by atoms with Crippen LogP contribution in [0.4, 0.5) is 0 Å². The van der Waals surface area contributed by atoms with Crippen LogP contribution >= 0.6 is 0 Å². The molecule has 0 amide bonds. The van der Waals surface area contributed by atoms with Crippen molar-refractivity contribution in [1.82, 2.24) is 0 Å². The van der Waals surface area contributed by atoms with Crippen LogP contribution in [0.15, 0.2) is 345 Å². The van der Waals surface area contributed by atoms with Crippen LogP contribution in [0.5, 0.6) is 0 Å². The zero-order valence-electron chi connectivity index (χ0n) is 49.3. The van der Waals surface area contributed by atoms with Crippen molar-refractivity contribution in [2.75, 3.05) is 0 Å². The van der Waals surface area contributed by atoms with E-state index in [9.17, 15) is 0 Å². The second kappa shape index (κ2) is 21.0. The summed E-state index contributed by atoms with van der Waals surface area (Å²) in [6.45, 7) is 0. The van der Waals surface area contributed by atoms with Gasteiger partial charge in [0.05, 0.1) is 0 Å². The first-order valence-electron chi connectivity index (χ1n) is 31.3. The van der Waals surface area contributed by atoms with Crippen molar-refractivity contribution in [3.05, 3.63) is 379 Å². The monoisotopic (exact) mass is 1140 g/mol. The summed E-state index contributed by atoms with van der Waals surface area (Å²) >= 11 is 0. The highest BCUT2D eigenvalue weighted by atomic mass is 14.4. The van der Waals surface area contributed by atoms with Crippen LogP contribution in [0.25, 0.3) is 148 Å². The van der Waals surface area contributed by atoms with Gasteiger partial charge in [-0.1, -0.05) is 279 Å². The van der Waals surface area contributed by atoms with Crippen molar-refractivity contribution >= 4 is 92.5 Å². The number of rotatable bonds is 9. The molecule has 0 heteroatoms. The molecule has 0 saturated heterocycles. The summed E-state index contributed by atoms with van der Waals surface area (Å²) in [6.07, 6.45) is 0. The van der Waals surface area contributed by atoms with Crippen LogP contribution in [-0.2, 0) is 0 Å². The van der Waals surface area contributed by atoms with Gasteiger partial charge in [0.1, 0.15) is 0 Å². The lowest BCUT2D eigenvalue weighted by atomic mass is 9.83. The molecule has 0 spiro atoms. The smallest absolute Gasteiger partial charge is 0.000137 e. The zero-order chi connectivity index (χ0) is 59.2. The molecule has 416 valence electrons. The molecule has 18 rings (SSSR count). The third kappa shape index (κ3) is 8.45. The van der Waals surface area contributed by atoms with Crippen molar-refractivity contribution in [2.24, 2.45) is 0 Å². The minimum absolute atomic E-state index is 1.16. The van der Waals surface area contributed by atoms with Crippen LogP contribution < -0.4 is 0 Å². The van der Waals surface area contributed by atoms with E-state index < -0.39 is 0 Å². The van der Waals surface area contributed by atoms with E-state index in [1.54, 1.807) is 0 Å². The SMILES string of the molecule is c1ccc(C2=C3C(=C(c4cccc(-c5cc6ccccc6c6ccccc56)c4)c4cc(-c5ccccc5)c(-c5ccccc5)cc43)C(c3cccc(-c4cccc5cc6ccccc6cc45)c3)=C2c2cccc(-c3cccc4cc5ccccc5cc34)c2)cc1. The molecular weight excluding hydrogens is 1080 g/mol. The summed E-state index contributed by atoms with van der Waals surface area (Å²) in [5.41, 5.74) is 26.4. The fourth-order valence-corrected chi connectivity index (χ4v) is 15.0. The molecule has 2 aliphatic rings. The second-order valence-electron chi connectivity index (χ2n) is 24.2. The lowest BCUT2D eigenvalue weighted by Gasteiger charge is -2.20. The van der Waals surface area contributed by atoms with Crippen LogP contribution in [0.1, 0.15) is 33.4 Å². The standard InChI is InChI=1S/C90H56/c1-4-23-57(24-5-1)81-55-83-84(56-82(81)58-25-6-2-7-26-58)89-86(59-27-8-3-9-28-59)87(71-40-18-34-64(49-71)74-45-21-37-66-47-60-29-10-12-31-62(60)52-78(66)74)88(72-41-19-35-65(50-72)75-46-22-38-67-48-61-30-11-13-32-63(61)53-79(67)75)90(89)85(83)70-39-20-36-68(51-70)80-54-69-33-14-15-42-73(69)76-43-16-17-44-77(76)80/h1-56H. The topological polar surface area (TPSA) is 0 Å². The Bertz CT molecular complexity index is 5740. The molecule has 16 aromatic carbocycles. The van der Waals surface area contributed by atoms with Gasteiger partial charge in [0, 0.05) is 0 Å². The quantitative estimate of drug-likeness (QED) is 0.0998. The van der Waals surface area contributed by atoms with Crippen LogP contribution in [0, 0.1) is 0 Å². The molecule has 16 aromatic rings. The number of fused-ring (bicyclic) bond motifs is 10. The first kappa shape index (κ1) is 51.5.